The Hall–Kier alpha value is -1.04. The first-order valence-electron chi connectivity index (χ1n) is 5.07. The van der Waals surface area contributed by atoms with Gasteiger partial charge in [-0.15, -0.1) is 0 Å². The van der Waals surface area contributed by atoms with Crippen molar-refractivity contribution in [2.24, 2.45) is 7.05 Å². The zero-order valence-electron chi connectivity index (χ0n) is 9.60. The van der Waals surface area contributed by atoms with Gasteiger partial charge in [-0.25, -0.2) is 0 Å². The molecule has 0 radical (unpaired) electrons. The van der Waals surface area contributed by atoms with Crippen LogP contribution in [0.15, 0.2) is 6.20 Å². The van der Waals surface area contributed by atoms with Crippen molar-refractivity contribution in [3.8, 4) is 0 Å². The Morgan fingerprint density at radius 1 is 1.50 bits per heavy atom. The Morgan fingerprint density at radius 3 is 2.50 bits per heavy atom. The van der Waals surface area contributed by atoms with Crippen LogP contribution in [-0.4, -0.2) is 23.0 Å². The summed E-state index contributed by atoms with van der Waals surface area (Å²) in [5.41, 5.74) is 1.72. The van der Waals surface area contributed by atoms with Gasteiger partial charge in [-0.1, -0.05) is 0 Å². The molecule has 0 aliphatic rings. The minimum atomic E-state index is -4.11. The summed E-state index contributed by atoms with van der Waals surface area (Å²) in [4.78, 5) is 0. The van der Waals surface area contributed by atoms with Gasteiger partial charge in [0.2, 0.25) is 0 Å². The number of hydrogen-bond donors (Lipinski definition) is 1. The van der Waals surface area contributed by atoms with Crippen molar-refractivity contribution in [2.45, 2.75) is 32.0 Å². The van der Waals surface area contributed by atoms with Crippen LogP contribution in [0.25, 0.3) is 0 Å². The zero-order valence-corrected chi connectivity index (χ0v) is 9.60. The van der Waals surface area contributed by atoms with Gasteiger partial charge < -0.3 is 5.32 Å². The minimum absolute atomic E-state index is 0.0343. The van der Waals surface area contributed by atoms with E-state index in [-0.39, 0.29) is 12.5 Å². The number of aryl methyl sites for hydroxylation is 1. The number of halogens is 3. The van der Waals surface area contributed by atoms with E-state index in [0.717, 1.165) is 11.3 Å². The molecule has 0 aliphatic heterocycles. The maximum Gasteiger partial charge on any atom is 0.389 e. The van der Waals surface area contributed by atoms with E-state index < -0.39 is 12.6 Å². The smallest absolute Gasteiger partial charge is 0.313 e. The van der Waals surface area contributed by atoms with Crippen molar-refractivity contribution in [3.63, 3.8) is 0 Å². The maximum absolute atomic E-state index is 12.1. The van der Waals surface area contributed by atoms with Crippen molar-refractivity contribution < 1.29 is 13.2 Å². The van der Waals surface area contributed by atoms with E-state index in [4.69, 9.17) is 0 Å². The molecule has 0 amide bonds. The molecule has 92 valence electrons. The van der Waals surface area contributed by atoms with E-state index in [1.807, 2.05) is 6.92 Å². The average Bonchev–Trinajstić information content (AvgIpc) is 2.49. The lowest BCUT2D eigenvalue weighted by atomic mass is 10.0. The number of rotatable bonds is 4. The quantitative estimate of drug-likeness (QED) is 0.868. The molecule has 16 heavy (non-hydrogen) atoms. The molecule has 0 bridgehead atoms. The molecule has 6 heteroatoms. The Kier molecular flexibility index (Phi) is 3.96. The summed E-state index contributed by atoms with van der Waals surface area (Å²) in [6, 6.07) is -0.296. The van der Waals surface area contributed by atoms with Crippen molar-refractivity contribution >= 4 is 0 Å². The maximum atomic E-state index is 12.1. The molecule has 1 aromatic rings. The van der Waals surface area contributed by atoms with E-state index in [1.54, 1.807) is 25.0 Å². The fraction of sp³-hybridized carbons (Fsp3) is 0.700. The van der Waals surface area contributed by atoms with Gasteiger partial charge in [-0.2, -0.15) is 18.3 Å². The largest absolute Gasteiger partial charge is 0.389 e. The minimum Gasteiger partial charge on any atom is -0.313 e. The number of hydrogen-bond acceptors (Lipinski definition) is 2. The molecule has 1 rings (SSSR count). The highest BCUT2D eigenvalue weighted by Gasteiger charge is 2.29. The third-order valence-electron chi connectivity index (χ3n) is 2.71. The van der Waals surface area contributed by atoms with E-state index in [2.05, 4.69) is 10.4 Å². The standard InChI is InChI=1S/C10H16F3N3/c1-7-8(6-15-16(7)3)9(14-2)4-5-10(11,12)13/h6,9,14H,4-5H2,1-3H3. The van der Waals surface area contributed by atoms with E-state index in [1.165, 1.54) is 0 Å². The molecule has 0 spiro atoms. The zero-order chi connectivity index (χ0) is 12.3. The summed E-state index contributed by atoms with van der Waals surface area (Å²) in [5.74, 6) is 0. The number of aromatic nitrogens is 2. The van der Waals surface area contributed by atoms with E-state index in [0.29, 0.717) is 0 Å². The van der Waals surface area contributed by atoms with Gasteiger partial charge in [-0.3, -0.25) is 4.68 Å². The second-order valence-electron chi connectivity index (χ2n) is 3.80. The molecule has 3 nitrogen and oxygen atoms in total. The highest BCUT2D eigenvalue weighted by atomic mass is 19.4. The van der Waals surface area contributed by atoms with E-state index in [9.17, 15) is 13.2 Å². The molecule has 0 aromatic carbocycles. The molecule has 1 atom stereocenters. The van der Waals surface area contributed by atoms with Gasteiger partial charge >= 0.3 is 6.18 Å². The van der Waals surface area contributed by atoms with Crippen molar-refractivity contribution in [2.75, 3.05) is 7.05 Å². The average molecular weight is 235 g/mol. The molecule has 1 N–H and O–H groups in total. The first-order valence-corrected chi connectivity index (χ1v) is 5.07. The van der Waals surface area contributed by atoms with Crippen molar-refractivity contribution in [3.05, 3.63) is 17.5 Å². The predicted octanol–water partition coefficient (Wildman–Crippen LogP) is 2.33. The molecule has 0 saturated carbocycles. The van der Waals surface area contributed by atoms with Crippen LogP contribution >= 0.6 is 0 Å². The van der Waals surface area contributed by atoms with Crippen LogP contribution in [0.3, 0.4) is 0 Å². The second kappa shape index (κ2) is 4.86. The highest BCUT2D eigenvalue weighted by Crippen LogP contribution is 2.28. The number of nitrogens with one attached hydrogen (secondary N) is 1. The lowest BCUT2D eigenvalue weighted by Gasteiger charge is -2.16. The third-order valence-corrected chi connectivity index (χ3v) is 2.71. The lowest BCUT2D eigenvalue weighted by molar-refractivity contribution is -0.136. The second-order valence-corrected chi connectivity index (χ2v) is 3.80. The molecular formula is C10H16F3N3. The summed E-state index contributed by atoms with van der Waals surface area (Å²) >= 11 is 0. The van der Waals surface area contributed by atoms with Gasteiger partial charge in [0, 0.05) is 30.8 Å². The first-order chi connectivity index (χ1) is 7.35. The van der Waals surface area contributed by atoms with Crippen molar-refractivity contribution in [1.82, 2.24) is 15.1 Å². The topological polar surface area (TPSA) is 29.9 Å². The van der Waals surface area contributed by atoms with Gasteiger partial charge in [-0.05, 0) is 20.4 Å². The molecular weight excluding hydrogens is 219 g/mol. The normalized spacial score (nSPS) is 14.1. The Morgan fingerprint density at radius 2 is 2.12 bits per heavy atom. The van der Waals surface area contributed by atoms with Crippen molar-refractivity contribution in [1.29, 1.82) is 0 Å². The van der Waals surface area contributed by atoms with Crippen LogP contribution in [0.4, 0.5) is 13.2 Å². The fourth-order valence-electron chi connectivity index (χ4n) is 1.62. The molecule has 1 aromatic heterocycles. The predicted molar refractivity (Wildman–Crippen MR) is 55.0 cm³/mol. The van der Waals surface area contributed by atoms with Gasteiger partial charge in [0.05, 0.1) is 6.20 Å². The summed E-state index contributed by atoms with van der Waals surface area (Å²) < 4.78 is 38.0. The number of nitrogens with zero attached hydrogens (tertiary/aromatic N) is 2. The first kappa shape index (κ1) is 13.0. The summed E-state index contributed by atoms with van der Waals surface area (Å²) in [5, 5.41) is 6.92. The summed E-state index contributed by atoms with van der Waals surface area (Å²) in [6.45, 7) is 1.85. The SMILES string of the molecule is CNC(CCC(F)(F)F)c1cnn(C)c1C. The Bertz CT molecular complexity index is 344. The molecule has 1 heterocycles. The third kappa shape index (κ3) is 3.23. The van der Waals surface area contributed by atoms with E-state index >= 15 is 0 Å². The Labute approximate surface area is 92.6 Å². The monoisotopic (exact) mass is 235 g/mol. The van der Waals surface area contributed by atoms with Crippen LogP contribution in [-0.2, 0) is 7.05 Å². The van der Waals surface area contributed by atoms with Crippen LogP contribution in [0, 0.1) is 6.92 Å². The lowest BCUT2D eigenvalue weighted by Crippen LogP contribution is -2.20. The van der Waals surface area contributed by atoms with Crippen LogP contribution in [0.2, 0.25) is 0 Å². The van der Waals surface area contributed by atoms with Crippen LogP contribution in [0.5, 0.6) is 0 Å². The Balaban J connectivity index is 2.72. The molecule has 0 aliphatic carbocycles. The molecule has 0 fully saturated rings. The molecule has 1 unspecified atom stereocenters. The summed E-state index contributed by atoms with van der Waals surface area (Å²) in [7, 11) is 3.43. The van der Waals surface area contributed by atoms with Gasteiger partial charge in [0.15, 0.2) is 0 Å². The number of alkyl halides is 3. The van der Waals surface area contributed by atoms with Gasteiger partial charge in [0.1, 0.15) is 0 Å². The van der Waals surface area contributed by atoms with Crippen LogP contribution < -0.4 is 5.32 Å². The molecule has 0 saturated heterocycles. The highest BCUT2D eigenvalue weighted by molar-refractivity contribution is 5.20. The fourth-order valence-corrected chi connectivity index (χ4v) is 1.62. The van der Waals surface area contributed by atoms with Gasteiger partial charge in [0.25, 0.3) is 0 Å². The summed E-state index contributed by atoms with van der Waals surface area (Å²) in [6.07, 6.45) is -3.24. The van der Waals surface area contributed by atoms with Crippen LogP contribution in [0.1, 0.15) is 30.1 Å².